The van der Waals surface area contributed by atoms with E-state index < -0.39 is 0 Å². The first-order chi connectivity index (χ1) is 12.6. The summed E-state index contributed by atoms with van der Waals surface area (Å²) < 4.78 is 5.00. The first-order valence-corrected chi connectivity index (χ1v) is 9.32. The number of ether oxygens (including phenoxy) is 1. The van der Waals surface area contributed by atoms with E-state index in [1.165, 1.54) is 5.69 Å². The molecule has 7 heteroatoms. The van der Waals surface area contributed by atoms with E-state index in [1.54, 1.807) is 11.8 Å². The Balaban J connectivity index is 1.57. The lowest BCUT2D eigenvalue weighted by molar-refractivity contribution is 0.0957. The molecule has 0 unspecified atom stereocenters. The minimum atomic E-state index is -0.266. The highest BCUT2D eigenvalue weighted by Gasteiger charge is 2.24. The summed E-state index contributed by atoms with van der Waals surface area (Å²) in [5.74, 6) is 0. The number of para-hydroxylation sites is 1. The molecule has 0 aliphatic carbocycles. The quantitative estimate of drug-likeness (QED) is 0.731. The molecule has 7 nitrogen and oxygen atoms in total. The average Bonchev–Trinajstić information content (AvgIpc) is 2.66. The number of carbonyl (C=O) groups excluding carboxylic acids is 2. The van der Waals surface area contributed by atoms with Crippen LogP contribution in [0.25, 0.3) is 0 Å². The molecule has 2 N–H and O–H groups in total. The van der Waals surface area contributed by atoms with Crippen molar-refractivity contribution in [2.45, 2.75) is 32.2 Å². The summed E-state index contributed by atoms with van der Waals surface area (Å²) >= 11 is 0. The molecule has 0 saturated carbocycles. The summed E-state index contributed by atoms with van der Waals surface area (Å²) in [7, 11) is 2.05. The summed E-state index contributed by atoms with van der Waals surface area (Å²) in [5, 5.41) is 5.90. The number of hydrogen-bond donors (Lipinski definition) is 2. The Hall–Kier alpha value is -2.44. The van der Waals surface area contributed by atoms with E-state index in [4.69, 9.17) is 4.74 Å². The molecular formula is C19H30N4O3. The normalized spacial score (nSPS) is 14.6. The van der Waals surface area contributed by atoms with Crippen LogP contribution < -0.4 is 15.5 Å². The lowest BCUT2D eigenvalue weighted by Gasteiger charge is -2.31. The predicted octanol–water partition coefficient (Wildman–Crippen LogP) is 2.43. The monoisotopic (exact) mass is 362 g/mol. The molecule has 1 aliphatic heterocycles. The number of rotatable bonds is 7. The second-order valence-corrected chi connectivity index (χ2v) is 6.47. The summed E-state index contributed by atoms with van der Waals surface area (Å²) in [5.41, 5.74) is 1.17. The fraction of sp³-hybridized carbons (Fsp3) is 0.579. The third-order valence-electron chi connectivity index (χ3n) is 4.51. The Morgan fingerprint density at radius 3 is 2.58 bits per heavy atom. The Labute approximate surface area is 155 Å². The standard InChI is InChI=1S/C19H30N4O3/c1-3-26-19(25)23-14-10-16(11-15-23)21-18(24)20-12-7-13-22(2)17-8-5-4-6-9-17/h4-6,8-9,16H,3,7,10-15H2,1-2H3,(H2,20,21,24). The first-order valence-electron chi connectivity index (χ1n) is 9.32. The van der Waals surface area contributed by atoms with Gasteiger partial charge in [-0.15, -0.1) is 0 Å². The molecule has 1 fully saturated rings. The van der Waals surface area contributed by atoms with Crippen LogP contribution in [0.5, 0.6) is 0 Å². The zero-order chi connectivity index (χ0) is 18.8. The summed E-state index contributed by atoms with van der Waals surface area (Å²) in [6, 6.07) is 10.1. The van der Waals surface area contributed by atoms with E-state index in [-0.39, 0.29) is 18.2 Å². The number of amides is 3. The Morgan fingerprint density at radius 1 is 1.23 bits per heavy atom. The molecule has 1 aliphatic rings. The molecule has 26 heavy (non-hydrogen) atoms. The highest BCUT2D eigenvalue weighted by Crippen LogP contribution is 2.12. The molecule has 1 aromatic rings. The molecule has 2 rings (SSSR count). The Kier molecular flexibility index (Phi) is 8.05. The topological polar surface area (TPSA) is 73.9 Å². The highest BCUT2D eigenvalue weighted by molar-refractivity contribution is 5.74. The van der Waals surface area contributed by atoms with Gasteiger partial charge in [-0.05, 0) is 38.3 Å². The average molecular weight is 362 g/mol. The van der Waals surface area contributed by atoms with Gasteiger partial charge in [-0.2, -0.15) is 0 Å². The van der Waals surface area contributed by atoms with Crippen LogP contribution in [0.15, 0.2) is 30.3 Å². The van der Waals surface area contributed by atoms with Crippen LogP contribution in [0.1, 0.15) is 26.2 Å². The lowest BCUT2D eigenvalue weighted by Crippen LogP contribution is -2.49. The van der Waals surface area contributed by atoms with Crippen LogP contribution in [0.2, 0.25) is 0 Å². The van der Waals surface area contributed by atoms with Crippen molar-refractivity contribution in [3.05, 3.63) is 30.3 Å². The van der Waals surface area contributed by atoms with Gasteiger partial charge in [0.05, 0.1) is 6.61 Å². The fourth-order valence-electron chi connectivity index (χ4n) is 2.99. The van der Waals surface area contributed by atoms with Gasteiger partial charge in [-0.1, -0.05) is 18.2 Å². The number of piperidine rings is 1. The minimum absolute atomic E-state index is 0.104. The number of hydrogen-bond acceptors (Lipinski definition) is 4. The maximum Gasteiger partial charge on any atom is 0.409 e. The van der Waals surface area contributed by atoms with Gasteiger partial charge in [-0.25, -0.2) is 9.59 Å². The van der Waals surface area contributed by atoms with Gasteiger partial charge in [0.15, 0.2) is 0 Å². The van der Waals surface area contributed by atoms with Crippen molar-refractivity contribution < 1.29 is 14.3 Å². The van der Waals surface area contributed by atoms with Crippen molar-refractivity contribution in [1.82, 2.24) is 15.5 Å². The van der Waals surface area contributed by atoms with E-state index in [1.807, 2.05) is 25.2 Å². The zero-order valence-electron chi connectivity index (χ0n) is 15.7. The molecule has 144 valence electrons. The van der Waals surface area contributed by atoms with Gasteiger partial charge in [0.2, 0.25) is 0 Å². The molecule has 1 saturated heterocycles. The van der Waals surface area contributed by atoms with E-state index in [2.05, 4.69) is 27.7 Å². The van der Waals surface area contributed by atoms with Gasteiger partial charge < -0.3 is 25.2 Å². The number of nitrogens with one attached hydrogen (secondary N) is 2. The number of urea groups is 1. The lowest BCUT2D eigenvalue weighted by atomic mass is 10.1. The third-order valence-corrected chi connectivity index (χ3v) is 4.51. The summed E-state index contributed by atoms with van der Waals surface area (Å²) in [6.45, 7) is 4.93. The number of nitrogens with zero attached hydrogens (tertiary/aromatic N) is 2. The van der Waals surface area contributed by atoms with E-state index in [9.17, 15) is 9.59 Å². The smallest absolute Gasteiger partial charge is 0.409 e. The van der Waals surface area contributed by atoms with Crippen molar-refractivity contribution in [2.24, 2.45) is 0 Å². The summed E-state index contributed by atoms with van der Waals surface area (Å²) in [6.07, 6.45) is 2.12. The van der Waals surface area contributed by atoms with Crippen LogP contribution in [-0.2, 0) is 4.74 Å². The Morgan fingerprint density at radius 2 is 1.92 bits per heavy atom. The highest BCUT2D eigenvalue weighted by atomic mass is 16.6. The van der Waals surface area contributed by atoms with Crippen LogP contribution in [0.4, 0.5) is 15.3 Å². The zero-order valence-corrected chi connectivity index (χ0v) is 15.7. The van der Waals surface area contributed by atoms with Gasteiger partial charge >= 0.3 is 12.1 Å². The van der Waals surface area contributed by atoms with Gasteiger partial charge in [0.25, 0.3) is 0 Å². The number of likely N-dealkylation sites (tertiary alicyclic amines) is 1. The molecule has 1 aromatic carbocycles. The predicted molar refractivity (Wildman–Crippen MR) is 102 cm³/mol. The van der Waals surface area contributed by atoms with Crippen molar-refractivity contribution in [3.63, 3.8) is 0 Å². The Bertz CT molecular complexity index is 559. The van der Waals surface area contributed by atoms with E-state index in [0.29, 0.717) is 26.2 Å². The maximum absolute atomic E-state index is 12.0. The number of benzene rings is 1. The molecule has 0 spiro atoms. The molecule has 0 radical (unpaired) electrons. The van der Waals surface area contributed by atoms with Crippen LogP contribution >= 0.6 is 0 Å². The molecule has 3 amide bonds. The molecule has 1 heterocycles. The van der Waals surface area contributed by atoms with Crippen molar-refractivity contribution >= 4 is 17.8 Å². The van der Waals surface area contributed by atoms with E-state index >= 15 is 0 Å². The van der Waals surface area contributed by atoms with Crippen LogP contribution in [-0.4, -0.2) is 62.9 Å². The molecular weight excluding hydrogens is 332 g/mol. The largest absolute Gasteiger partial charge is 0.450 e. The third kappa shape index (κ3) is 6.46. The second-order valence-electron chi connectivity index (χ2n) is 6.47. The van der Waals surface area contributed by atoms with Gasteiger partial charge in [0, 0.05) is 45.0 Å². The fourth-order valence-corrected chi connectivity index (χ4v) is 2.99. The van der Waals surface area contributed by atoms with Crippen LogP contribution in [0.3, 0.4) is 0 Å². The van der Waals surface area contributed by atoms with E-state index in [0.717, 1.165) is 25.8 Å². The second kappa shape index (κ2) is 10.5. The van der Waals surface area contributed by atoms with Crippen molar-refractivity contribution in [3.8, 4) is 0 Å². The first kappa shape index (κ1) is 19.9. The minimum Gasteiger partial charge on any atom is -0.450 e. The summed E-state index contributed by atoms with van der Waals surface area (Å²) in [4.78, 5) is 27.5. The molecule has 0 atom stereocenters. The van der Waals surface area contributed by atoms with Gasteiger partial charge in [-0.3, -0.25) is 0 Å². The van der Waals surface area contributed by atoms with Gasteiger partial charge in [0.1, 0.15) is 0 Å². The van der Waals surface area contributed by atoms with Crippen molar-refractivity contribution in [1.29, 1.82) is 0 Å². The number of anilines is 1. The maximum atomic E-state index is 12.0. The SMILES string of the molecule is CCOC(=O)N1CCC(NC(=O)NCCCN(C)c2ccccc2)CC1. The number of carbonyl (C=O) groups is 2. The van der Waals surface area contributed by atoms with Crippen molar-refractivity contribution in [2.75, 3.05) is 44.7 Å². The molecule has 0 bridgehead atoms. The van der Waals surface area contributed by atoms with Crippen LogP contribution in [0, 0.1) is 0 Å². The molecule has 0 aromatic heterocycles.